The van der Waals surface area contributed by atoms with Crippen LogP contribution in [0.15, 0.2) is 30.3 Å². The number of anilines is 2. The van der Waals surface area contributed by atoms with Gasteiger partial charge in [-0.05, 0) is 19.1 Å². The Bertz CT molecular complexity index is 908. The molecule has 9 heteroatoms. The second-order valence-corrected chi connectivity index (χ2v) is 6.68. The third kappa shape index (κ3) is 5.05. The first-order chi connectivity index (χ1) is 12.7. The van der Waals surface area contributed by atoms with E-state index < -0.39 is 0 Å². The average Bonchev–Trinajstić information content (AvgIpc) is 3.07. The molecule has 1 fully saturated rings. The van der Waals surface area contributed by atoms with Crippen LogP contribution in [-0.4, -0.2) is 31.7 Å². The molecule has 1 aliphatic rings. The zero-order valence-corrected chi connectivity index (χ0v) is 20.5. The molecule has 2 aromatic heterocycles. The van der Waals surface area contributed by atoms with Crippen LogP contribution in [0.1, 0.15) is 36.8 Å². The third-order valence-electron chi connectivity index (χ3n) is 4.27. The second-order valence-electron chi connectivity index (χ2n) is 6.27. The van der Waals surface area contributed by atoms with Crippen molar-refractivity contribution in [3.8, 4) is 11.4 Å². The molecule has 0 spiro atoms. The van der Waals surface area contributed by atoms with Crippen molar-refractivity contribution < 1.29 is 44.1 Å². The Morgan fingerprint density at radius 2 is 2.04 bits per heavy atom. The van der Waals surface area contributed by atoms with Crippen LogP contribution in [0, 0.1) is 51.0 Å². The molecule has 2 N–H and O–H groups in total. The minimum Gasteiger partial charge on any atom is -0.654 e. The summed E-state index contributed by atoms with van der Waals surface area (Å²) in [7, 11) is 0. The van der Waals surface area contributed by atoms with Crippen LogP contribution in [0.25, 0.3) is 16.7 Å². The normalized spacial score (nSPS) is 16.6. The first kappa shape index (κ1) is 20.7. The van der Waals surface area contributed by atoms with Crippen LogP contribution in [-0.2, 0) is 0 Å². The fourth-order valence-corrected chi connectivity index (χ4v) is 3.23. The Labute approximate surface area is 198 Å². The maximum atomic E-state index is 6.36. The van der Waals surface area contributed by atoms with E-state index in [9.17, 15) is 0 Å². The number of hydrogen-bond donors (Lipinski definition) is 2. The molecule has 0 saturated carbocycles. The average molecular weight is 596 g/mol. The topological polar surface area (TPSA) is 93.5 Å². The van der Waals surface area contributed by atoms with Crippen molar-refractivity contribution in [2.75, 3.05) is 11.9 Å². The van der Waals surface area contributed by atoms with Gasteiger partial charge in [0.15, 0.2) is 5.82 Å². The molecule has 1 aliphatic heterocycles. The van der Waals surface area contributed by atoms with E-state index in [1.54, 1.807) is 0 Å². The van der Waals surface area contributed by atoms with Crippen LogP contribution in [0.3, 0.4) is 0 Å². The molecule has 1 aromatic carbocycles. The van der Waals surface area contributed by atoms with Crippen molar-refractivity contribution in [3.05, 3.63) is 52.2 Å². The molecular formula is C18H19AcClN7-. The van der Waals surface area contributed by atoms with Crippen molar-refractivity contribution in [3.63, 3.8) is 0 Å². The van der Waals surface area contributed by atoms with E-state index in [0.29, 0.717) is 22.6 Å². The summed E-state index contributed by atoms with van der Waals surface area (Å²) in [5.74, 6) is 2.40. The van der Waals surface area contributed by atoms with E-state index in [-0.39, 0.29) is 50.1 Å². The molecule has 3 heterocycles. The monoisotopic (exact) mass is 595 g/mol. The zero-order valence-electron chi connectivity index (χ0n) is 15.0. The van der Waals surface area contributed by atoms with Gasteiger partial charge < -0.3 is 10.6 Å². The molecule has 0 aliphatic carbocycles. The molecule has 0 amide bonds. The number of rotatable bonds is 4. The Morgan fingerprint density at radius 1 is 1.19 bits per heavy atom. The Hall–Kier alpha value is -1.07. The van der Waals surface area contributed by atoms with Gasteiger partial charge in [0.2, 0.25) is 5.95 Å². The molecule has 27 heavy (non-hydrogen) atoms. The summed E-state index contributed by atoms with van der Waals surface area (Å²) in [4.78, 5) is 13.7. The largest absolute Gasteiger partial charge is 0.654 e. The van der Waals surface area contributed by atoms with Crippen LogP contribution in [0.2, 0.25) is 5.02 Å². The number of halogens is 1. The fraction of sp³-hybridized carbons (Fsp3) is 0.333. The van der Waals surface area contributed by atoms with Gasteiger partial charge in [0.25, 0.3) is 0 Å². The zero-order chi connectivity index (χ0) is 17.9. The first-order valence-electron chi connectivity index (χ1n) is 8.65. The Kier molecular flexibility index (Phi) is 7.21. The summed E-state index contributed by atoms with van der Waals surface area (Å²) < 4.78 is 0. The van der Waals surface area contributed by atoms with Gasteiger partial charge in [-0.25, -0.2) is 9.97 Å². The number of nitrogens with one attached hydrogen (secondary N) is 2. The molecule has 1 atom stereocenters. The van der Waals surface area contributed by atoms with E-state index in [1.807, 2.05) is 37.3 Å². The number of piperidine rings is 1. The number of aromatic nitrogens is 5. The van der Waals surface area contributed by atoms with Crippen molar-refractivity contribution in [1.29, 1.82) is 0 Å². The number of nitrogens with zero attached hydrogens (tertiary/aromatic N) is 5. The summed E-state index contributed by atoms with van der Waals surface area (Å²) >= 11 is 6.36. The van der Waals surface area contributed by atoms with Gasteiger partial charge in [0.1, 0.15) is 11.6 Å². The number of hydrogen-bond acceptors (Lipinski definition) is 5. The van der Waals surface area contributed by atoms with Gasteiger partial charge in [-0.2, -0.15) is 4.98 Å². The maximum Gasteiger partial charge on any atom is 0.247 e. The van der Waals surface area contributed by atoms with Gasteiger partial charge in [-0.15, -0.1) is 11.6 Å². The summed E-state index contributed by atoms with van der Waals surface area (Å²) in [5.41, 5.74) is 1.69. The van der Waals surface area contributed by atoms with Crippen molar-refractivity contribution in [1.82, 2.24) is 25.1 Å². The summed E-state index contributed by atoms with van der Waals surface area (Å²) in [6.07, 6.45) is 3.29. The molecule has 1 saturated heterocycles. The molecule has 137 valence electrons. The van der Waals surface area contributed by atoms with Crippen molar-refractivity contribution >= 4 is 23.4 Å². The molecule has 4 rings (SSSR count). The third-order valence-corrected chi connectivity index (χ3v) is 4.60. The van der Waals surface area contributed by atoms with Crippen molar-refractivity contribution in [2.45, 2.75) is 32.2 Å². The minimum atomic E-state index is 0. The number of aromatic amines is 1. The Morgan fingerprint density at radius 3 is 2.74 bits per heavy atom. The van der Waals surface area contributed by atoms with E-state index in [0.717, 1.165) is 42.9 Å². The van der Waals surface area contributed by atoms with Gasteiger partial charge in [0.05, 0.1) is 5.02 Å². The van der Waals surface area contributed by atoms with E-state index >= 15 is 0 Å². The molecule has 7 nitrogen and oxygen atoms in total. The van der Waals surface area contributed by atoms with Crippen LogP contribution < -0.4 is 5.32 Å². The van der Waals surface area contributed by atoms with E-state index in [2.05, 4.69) is 25.5 Å². The maximum absolute atomic E-state index is 6.36. The van der Waals surface area contributed by atoms with Crippen LogP contribution in [0.4, 0.5) is 11.8 Å². The standard InChI is InChI=1S/C18H19ClN7.Ac/c1-11-21-18(26-25-11)24-16-10-15(14-8-4-5-9-20-14)22-17(23-16)12-6-2-3-7-13(12)19;/h2-3,6-7,10,14H,4-5,8-9H2,1H3,(H2,21,22,23,24,25,26);/q-1;. The minimum absolute atomic E-state index is 0. The predicted molar refractivity (Wildman–Crippen MR) is 102 cm³/mol. The van der Waals surface area contributed by atoms with E-state index in [4.69, 9.17) is 21.9 Å². The summed E-state index contributed by atoms with van der Waals surface area (Å²) in [6.45, 7) is 2.72. The molecular weight excluding hydrogens is 577 g/mol. The molecule has 0 bridgehead atoms. The van der Waals surface area contributed by atoms with E-state index in [1.165, 1.54) is 0 Å². The van der Waals surface area contributed by atoms with Gasteiger partial charge >= 0.3 is 0 Å². The van der Waals surface area contributed by atoms with Gasteiger partial charge in [0, 0.05) is 61.4 Å². The first-order valence-corrected chi connectivity index (χ1v) is 9.03. The summed E-state index contributed by atoms with van der Waals surface area (Å²) in [5, 5.41) is 15.4. The molecule has 3 aromatic rings. The van der Waals surface area contributed by atoms with Crippen LogP contribution >= 0.6 is 11.6 Å². The van der Waals surface area contributed by atoms with Crippen molar-refractivity contribution in [2.24, 2.45) is 0 Å². The quantitative estimate of drug-likeness (QED) is 0.461. The molecule has 1 radical (unpaired) electrons. The SMILES string of the molecule is Cc1nc(Nc2cc(C3CCCC[N-]3)nc(-c3ccccc3Cl)n2)n[nH]1.[Ac]. The van der Waals surface area contributed by atoms with Gasteiger partial charge in [-0.1, -0.05) is 49.0 Å². The number of H-pyrrole nitrogens is 1. The predicted octanol–water partition coefficient (Wildman–Crippen LogP) is 4.57. The number of aryl methyl sites for hydroxylation is 1. The Balaban J connectivity index is 0.00000210. The fourth-order valence-electron chi connectivity index (χ4n) is 3.01. The molecule has 1 unspecified atom stereocenters. The number of benzene rings is 1. The second kappa shape index (κ2) is 9.42. The summed E-state index contributed by atoms with van der Waals surface area (Å²) in [6, 6.07) is 9.58. The smallest absolute Gasteiger partial charge is 0.247 e. The van der Waals surface area contributed by atoms with Gasteiger partial charge in [-0.3, -0.25) is 5.10 Å². The van der Waals surface area contributed by atoms with Crippen LogP contribution in [0.5, 0.6) is 0 Å².